The Morgan fingerprint density at radius 3 is 2.37 bits per heavy atom. The molecule has 0 aliphatic rings. The summed E-state index contributed by atoms with van der Waals surface area (Å²) in [5.74, 6) is -0.295. The Morgan fingerprint density at radius 1 is 1.42 bits per heavy atom. The molecule has 0 aliphatic carbocycles. The molecule has 8 nitrogen and oxygen atoms in total. The first-order valence-corrected chi connectivity index (χ1v) is 7.70. The van der Waals surface area contributed by atoms with Gasteiger partial charge in [0.25, 0.3) is 10.0 Å². The first-order chi connectivity index (χ1) is 8.71. The van der Waals surface area contributed by atoms with E-state index in [1.54, 1.807) is 21.0 Å². The highest BCUT2D eigenvalue weighted by Gasteiger charge is 2.31. The largest absolute Gasteiger partial charge is 0.348 e. The van der Waals surface area contributed by atoms with E-state index < -0.39 is 10.0 Å². The van der Waals surface area contributed by atoms with Crippen LogP contribution in [-0.2, 0) is 21.9 Å². The number of halogens is 1. The monoisotopic (exact) mass is 353 g/mol. The molecule has 0 aromatic carbocycles. The Bertz CT molecular complexity index is 549. The standard InChI is InChI=1S/C9H16BrN5O3S/c1-5-15(6-7(16)13(2)3)19(17,18)9-8(10)11-12-14(9)4/h5-6H2,1-4H3. The summed E-state index contributed by atoms with van der Waals surface area (Å²) >= 11 is 3.05. The van der Waals surface area contributed by atoms with Crippen LogP contribution in [0.15, 0.2) is 9.63 Å². The number of carbonyl (C=O) groups excluding carboxylic acids is 1. The number of rotatable bonds is 5. The smallest absolute Gasteiger partial charge is 0.263 e. The minimum absolute atomic E-state index is 0.0686. The highest BCUT2D eigenvalue weighted by Crippen LogP contribution is 2.21. The summed E-state index contributed by atoms with van der Waals surface area (Å²) in [5.41, 5.74) is 0. The molecule has 0 saturated heterocycles. The molecule has 0 aliphatic heterocycles. The van der Waals surface area contributed by atoms with E-state index in [1.165, 1.54) is 11.9 Å². The zero-order valence-corrected chi connectivity index (χ0v) is 13.6. The molecule has 0 unspecified atom stereocenters. The highest BCUT2D eigenvalue weighted by molar-refractivity contribution is 9.10. The van der Waals surface area contributed by atoms with Crippen molar-refractivity contribution in [3.63, 3.8) is 0 Å². The number of amides is 1. The molecule has 0 N–H and O–H groups in total. The molecule has 0 bridgehead atoms. The van der Waals surface area contributed by atoms with Gasteiger partial charge in [-0.2, -0.15) is 4.31 Å². The minimum Gasteiger partial charge on any atom is -0.348 e. The Kier molecular flexibility index (Phi) is 5.04. The molecule has 0 saturated carbocycles. The summed E-state index contributed by atoms with van der Waals surface area (Å²) in [7, 11) is 0.805. The van der Waals surface area contributed by atoms with Gasteiger partial charge in [0, 0.05) is 27.7 Å². The highest BCUT2D eigenvalue weighted by atomic mass is 79.9. The number of nitrogens with zero attached hydrogens (tertiary/aromatic N) is 5. The molecule has 0 spiro atoms. The number of carbonyl (C=O) groups is 1. The number of aryl methyl sites for hydroxylation is 1. The Hall–Kier alpha value is -1.00. The van der Waals surface area contributed by atoms with E-state index in [2.05, 4.69) is 26.2 Å². The van der Waals surface area contributed by atoms with Crippen LogP contribution in [0.3, 0.4) is 0 Å². The van der Waals surface area contributed by atoms with Crippen LogP contribution in [0.2, 0.25) is 0 Å². The average molecular weight is 354 g/mol. The third kappa shape index (κ3) is 3.31. The maximum absolute atomic E-state index is 12.4. The van der Waals surface area contributed by atoms with Crippen LogP contribution < -0.4 is 0 Å². The molecule has 1 heterocycles. The molecule has 10 heteroatoms. The van der Waals surface area contributed by atoms with Gasteiger partial charge < -0.3 is 4.90 Å². The number of sulfonamides is 1. The van der Waals surface area contributed by atoms with Crippen molar-refractivity contribution in [2.24, 2.45) is 7.05 Å². The first kappa shape index (κ1) is 16.1. The molecular formula is C9H16BrN5O3S. The van der Waals surface area contributed by atoms with Gasteiger partial charge >= 0.3 is 0 Å². The molecule has 0 fully saturated rings. The Labute approximate surface area is 120 Å². The second-order valence-electron chi connectivity index (χ2n) is 4.03. The SMILES string of the molecule is CCN(CC(=O)N(C)C)S(=O)(=O)c1c(Br)nnn1C. The van der Waals surface area contributed by atoms with Crippen molar-refractivity contribution < 1.29 is 13.2 Å². The number of likely N-dealkylation sites (N-methyl/N-ethyl adjacent to an activating group) is 2. The van der Waals surface area contributed by atoms with Gasteiger partial charge in [-0.25, -0.2) is 13.1 Å². The predicted molar refractivity (Wildman–Crippen MR) is 71.8 cm³/mol. The van der Waals surface area contributed by atoms with Crippen molar-refractivity contribution in [3.8, 4) is 0 Å². The normalized spacial score (nSPS) is 11.9. The third-order valence-corrected chi connectivity index (χ3v) is 5.29. The maximum atomic E-state index is 12.4. The summed E-state index contributed by atoms with van der Waals surface area (Å²) in [6.07, 6.45) is 0. The van der Waals surface area contributed by atoms with E-state index >= 15 is 0 Å². The number of hydrogen-bond acceptors (Lipinski definition) is 5. The van der Waals surface area contributed by atoms with Gasteiger partial charge in [-0.15, -0.1) is 5.10 Å². The number of aromatic nitrogens is 3. The molecule has 19 heavy (non-hydrogen) atoms. The average Bonchev–Trinajstić information content (AvgIpc) is 2.65. The molecule has 1 aromatic heterocycles. The molecule has 1 rings (SSSR count). The second kappa shape index (κ2) is 5.97. The summed E-state index contributed by atoms with van der Waals surface area (Å²) in [5, 5.41) is 7.21. The van der Waals surface area contributed by atoms with Crippen LogP contribution in [0.1, 0.15) is 6.92 Å². The second-order valence-corrected chi connectivity index (χ2v) is 6.63. The lowest BCUT2D eigenvalue weighted by Gasteiger charge is -2.21. The number of hydrogen-bond donors (Lipinski definition) is 0. The van der Waals surface area contributed by atoms with Crippen LogP contribution >= 0.6 is 15.9 Å². The lowest BCUT2D eigenvalue weighted by molar-refractivity contribution is -0.128. The lowest BCUT2D eigenvalue weighted by atomic mass is 10.5. The van der Waals surface area contributed by atoms with E-state index in [0.29, 0.717) is 0 Å². The summed E-state index contributed by atoms with van der Waals surface area (Å²) in [6.45, 7) is 1.63. The van der Waals surface area contributed by atoms with E-state index in [0.717, 1.165) is 8.99 Å². The van der Waals surface area contributed by atoms with Gasteiger partial charge in [0.05, 0.1) is 6.54 Å². The van der Waals surface area contributed by atoms with Crippen molar-refractivity contribution in [3.05, 3.63) is 4.60 Å². The summed E-state index contributed by atoms with van der Waals surface area (Å²) < 4.78 is 27.3. The minimum atomic E-state index is -3.82. The van der Waals surface area contributed by atoms with Gasteiger partial charge in [0.2, 0.25) is 10.9 Å². The topological polar surface area (TPSA) is 88.4 Å². The van der Waals surface area contributed by atoms with Crippen molar-refractivity contribution in [1.82, 2.24) is 24.2 Å². The molecule has 0 radical (unpaired) electrons. The third-order valence-electron chi connectivity index (χ3n) is 2.48. The Balaban J connectivity index is 3.14. The van der Waals surface area contributed by atoms with Gasteiger partial charge in [0.15, 0.2) is 4.60 Å². The van der Waals surface area contributed by atoms with Crippen molar-refractivity contribution in [2.45, 2.75) is 11.9 Å². The zero-order chi connectivity index (χ0) is 14.8. The molecule has 1 amide bonds. The zero-order valence-electron chi connectivity index (χ0n) is 11.2. The van der Waals surface area contributed by atoms with Crippen molar-refractivity contribution in [2.75, 3.05) is 27.2 Å². The van der Waals surface area contributed by atoms with Crippen LogP contribution in [0.5, 0.6) is 0 Å². The van der Waals surface area contributed by atoms with Crippen LogP contribution in [0, 0.1) is 0 Å². The fraction of sp³-hybridized carbons (Fsp3) is 0.667. The van der Waals surface area contributed by atoms with E-state index in [-0.39, 0.29) is 28.6 Å². The van der Waals surface area contributed by atoms with E-state index in [4.69, 9.17) is 0 Å². The van der Waals surface area contributed by atoms with Crippen LogP contribution in [-0.4, -0.2) is 65.7 Å². The Morgan fingerprint density at radius 2 is 2.00 bits per heavy atom. The van der Waals surface area contributed by atoms with E-state index in [1.807, 2.05) is 0 Å². The van der Waals surface area contributed by atoms with Gasteiger partial charge in [-0.3, -0.25) is 4.79 Å². The quantitative estimate of drug-likeness (QED) is 0.723. The summed E-state index contributed by atoms with van der Waals surface area (Å²) in [6, 6.07) is 0. The van der Waals surface area contributed by atoms with Crippen molar-refractivity contribution in [1.29, 1.82) is 0 Å². The fourth-order valence-electron chi connectivity index (χ4n) is 1.38. The fourth-order valence-corrected chi connectivity index (χ4v) is 3.81. The van der Waals surface area contributed by atoms with Gasteiger partial charge in [-0.05, 0) is 15.9 Å². The molecule has 1 aromatic rings. The van der Waals surface area contributed by atoms with E-state index in [9.17, 15) is 13.2 Å². The molecule has 108 valence electrons. The molecular weight excluding hydrogens is 338 g/mol. The molecule has 0 atom stereocenters. The maximum Gasteiger partial charge on any atom is 0.263 e. The van der Waals surface area contributed by atoms with Gasteiger partial charge in [0.1, 0.15) is 0 Å². The predicted octanol–water partition coefficient (Wildman–Crippen LogP) is -0.324. The van der Waals surface area contributed by atoms with Gasteiger partial charge in [-0.1, -0.05) is 12.1 Å². The van der Waals surface area contributed by atoms with Crippen LogP contribution in [0.25, 0.3) is 0 Å². The summed E-state index contributed by atoms with van der Waals surface area (Å²) in [4.78, 5) is 13.0. The first-order valence-electron chi connectivity index (χ1n) is 5.47. The van der Waals surface area contributed by atoms with Crippen molar-refractivity contribution >= 4 is 31.9 Å². The van der Waals surface area contributed by atoms with Crippen LogP contribution in [0.4, 0.5) is 0 Å². The lowest BCUT2D eigenvalue weighted by Crippen LogP contribution is -2.40.